The molecule has 1 heterocycles. The van der Waals surface area contributed by atoms with Gasteiger partial charge in [-0.05, 0) is 67.2 Å². The van der Waals surface area contributed by atoms with E-state index in [1.165, 1.54) is 53.4 Å². The Balaban J connectivity index is 1.78. The van der Waals surface area contributed by atoms with E-state index < -0.39 is 23.6 Å². The maximum atomic E-state index is 13.3. The molecule has 0 radical (unpaired) electrons. The van der Waals surface area contributed by atoms with E-state index in [-0.39, 0.29) is 17.4 Å². The quantitative estimate of drug-likeness (QED) is 0.511. The SMILES string of the molecule is COCCCN1C(=S)N(c2ccc(F)cc2)C(=O)[C@H]1CC(=O)Nc1ccc(F)cc1. The molecule has 1 aliphatic heterocycles. The van der Waals surface area contributed by atoms with Crippen LogP contribution in [0.1, 0.15) is 12.8 Å². The summed E-state index contributed by atoms with van der Waals surface area (Å²) in [6.45, 7) is 0.892. The zero-order valence-electron chi connectivity index (χ0n) is 16.3. The minimum atomic E-state index is -0.806. The molecular weight excluding hydrogens is 412 g/mol. The lowest BCUT2D eigenvalue weighted by Gasteiger charge is -2.23. The van der Waals surface area contributed by atoms with Crippen molar-refractivity contribution in [3.63, 3.8) is 0 Å². The molecule has 3 rings (SSSR count). The summed E-state index contributed by atoms with van der Waals surface area (Å²) < 4.78 is 31.4. The van der Waals surface area contributed by atoms with E-state index in [9.17, 15) is 18.4 Å². The number of carbonyl (C=O) groups is 2. The van der Waals surface area contributed by atoms with Crippen molar-refractivity contribution >= 4 is 40.5 Å². The largest absolute Gasteiger partial charge is 0.385 e. The summed E-state index contributed by atoms with van der Waals surface area (Å²) in [4.78, 5) is 28.7. The van der Waals surface area contributed by atoms with Crippen LogP contribution < -0.4 is 10.2 Å². The number of nitrogens with zero attached hydrogens (tertiary/aromatic N) is 2. The van der Waals surface area contributed by atoms with Gasteiger partial charge in [-0.15, -0.1) is 0 Å². The molecule has 9 heteroatoms. The Morgan fingerprint density at radius 1 is 1.10 bits per heavy atom. The Kier molecular flexibility index (Phi) is 7.07. The van der Waals surface area contributed by atoms with Crippen LogP contribution in [0.4, 0.5) is 20.2 Å². The first-order valence-corrected chi connectivity index (χ1v) is 9.76. The molecule has 1 fully saturated rings. The molecule has 0 unspecified atom stereocenters. The Morgan fingerprint density at radius 3 is 2.30 bits per heavy atom. The number of anilines is 2. The van der Waals surface area contributed by atoms with Gasteiger partial charge in [-0.25, -0.2) is 8.78 Å². The smallest absolute Gasteiger partial charge is 0.256 e. The van der Waals surface area contributed by atoms with Gasteiger partial charge in [0.15, 0.2) is 5.11 Å². The summed E-state index contributed by atoms with van der Waals surface area (Å²) in [5.74, 6) is -1.61. The molecule has 0 saturated carbocycles. The number of nitrogens with one attached hydrogen (secondary N) is 1. The maximum absolute atomic E-state index is 13.3. The van der Waals surface area contributed by atoms with Crippen molar-refractivity contribution in [2.24, 2.45) is 0 Å². The van der Waals surface area contributed by atoms with Gasteiger partial charge in [0.1, 0.15) is 17.7 Å². The van der Waals surface area contributed by atoms with Crippen LogP contribution in [0.2, 0.25) is 0 Å². The Hall–Kier alpha value is -2.91. The number of carbonyl (C=O) groups excluding carboxylic acids is 2. The summed E-state index contributed by atoms with van der Waals surface area (Å²) in [5, 5.41) is 2.91. The Bertz CT molecular complexity index is 922. The normalized spacial score (nSPS) is 16.3. The van der Waals surface area contributed by atoms with E-state index in [1.54, 1.807) is 12.0 Å². The van der Waals surface area contributed by atoms with Gasteiger partial charge in [0.25, 0.3) is 5.91 Å². The third kappa shape index (κ3) is 4.98. The van der Waals surface area contributed by atoms with Crippen LogP contribution in [0.3, 0.4) is 0 Å². The molecule has 2 aromatic rings. The second-order valence-corrected chi connectivity index (χ2v) is 7.11. The molecular formula is C21H21F2N3O3S. The fourth-order valence-corrected chi connectivity index (χ4v) is 3.63. The van der Waals surface area contributed by atoms with Crippen molar-refractivity contribution in [1.82, 2.24) is 4.90 Å². The molecule has 0 aromatic heterocycles. The average molecular weight is 433 g/mol. The first-order valence-electron chi connectivity index (χ1n) is 9.35. The van der Waals surface area contributed by atoms with Crippen LogP contribution in [0.25, 0.3) is 0 Å². The molecule has 2 aromatic carbocycles. The number of thiocarbonyl (C=S) groups is 1. The van der Waals surface area contributed by atoms with E-state index in [4.69, 9.17) is 17.0 Å². The highest BCUT2D eigenvalue weighted by Crippen LogP contribution is 2.28. The molecule has 0 bridgehead atoms. The first kappa shape index (κ1) is 21.8. The minimum absolute atomic E-state index is 0.138. The lowest BCUT2D eigenvalue weighted by molar-refractivity contribution is -0.124. The molecule has 158 valence electrons. The van der Waals surface area contributed by atoms with Gasteiger partial charge in [-0.2, -0.15) is 0 Å². The first-order chi connectivity index (χ1) is 14.4. The van der Waals surface area contributed by atoms with Crippen molar-refractivity contribution < 1.29 is 23.1 Å². The lowest BCUT2D eigenvalue weighted by atomic mass is 10.1. The molecule has 30 heavy (non-hydrogen) atoms. The van der Waals surface area contributed by atoms with Crippen LogP contribution in [-0.2, 0) is 14.3 Å². The van der Waals surface area contributed by atoms with Gasteiger partial charge in [0.05, 0.1) is 12.1 Å². The van der Waals surface area contributed by atoms with Crippen LogP contribution in [0, 0.1) is 11.6 Å². The minimum Gasteiger partial charge on any atom is -0.385 e. The number of ether oxygens (including phenoxy) is 1. The molecule has 1 atom stereocenters. The van der Waals surface area contributed by atoms with Crippen LogP contribution in [0.5, 0.6) is 0 Å². The van der Waals surface area contributed by atoms with Gasteiger partial charge >= 0.3 is 0 Å². The van der Waals surface area contributed by atoms with Crippen molar-refractivity contribution in [2.45, 2.75) is 18.9 Å². The topological polar surface area (TPSA) is 61.9 Å². The molecule has 2 amide bonds. The van der Waals surface area contributed by atoms with E-state index in [1.807, 2.05) is 0 Å². The van der Waals surface area contributed by atoms with Crippen molar-refractivity contribution in [3.05, 3.63) is 60.2 Å². The van der Waals surface area contributed by atoms with E-state index >= 15 is 0 Å². The van der Waals surface area contributed by atoms with Gasteiger partial charge in [0.2, 0.25) is 5.91 Å². The van der Waals surface area contributed by atoms with Crippen molar-refractivity contribution in [2.75, 3.05) is 30.5 Å². The highest BCUT2D eigenvalue weighted by Gasteiger charge is 2.43. The zero-order chi connectivity index (χ0) is 21.7. The summed E-state index contributed by atoms with van der Waals surface area (Å²) >= 11 is 5.50. The number of benzene rings is 2. The van der Waals surface area contributed by atoms with Crippen LogP contribution >= 0.6 is 12.2 Å². The van der Waals surface area contributed by atoms with Gasteiger partial charge < -0.3 is 15.0 Å². The summed E-state index contributed by atoms with van der Waals surface area (Å²) in [5.41, 5.74) is 0.861. The third-order valence-corrected chi connectivity index (χ3v) is 5.07. The zero-order valence-corrected chi connectivity index (χ0v) is 17.1. The summed E-state index contributed by atoms with van der Waals surface area (Å²) in [7, 11) is 1.58. The Labute approximate surface area is 178 Å². The molecule has 0 aliphatic carbocycles. The van der Waals surface area contributed by atoms with E-state index in [0.717, 1.165) is 0 Å². The number of hydrogen-bond acceptors (Lipinski definition) is 4. The average Bonchev–Trinajstić information content (AvgIpc) is 2.94. The van der Waals surface area contributed by atoms with Gasteiger partial charge in [-0.1, -0.05) is 0 Å². The summed E-state index contributed by atoms with van der Waals surface area (Å²) in [6, 6.07) is 9.97. The van der Waals surface area contributed by atoms with Gasteiger partial charge in [-0.3, -0.25) is 14.5 Å². The number of methoxy groups -OCH3 is 1. The molecule has 1 N–H and O–H groups in total. The molecule has 1 saturated heterocycles. The molecule has 6 nitrogen and oxygen atoms in total. The standard InChI is InChI=1S/C21H21F2N3O3S/c1-29-12-2-11-25-18(13-19(27)24-16-7-3-14(22)4-8-16)20(28)26(21(25)30)17-9-5-15(23)6-10-17/h3-10,18H,2,11-13H2,1H3,(H,24,27)/t18-/m1/s1. The second kappa shape index (κ2) is 9.73. The number of halogens is 2. The number of hydrogen-bond donors (Lipinski definition) is 1. The monoisotopic (exact) mass is 433 g/mol. The highest BCUT2D eigenvalue weighted by molar-refractivity contribution is 7.80. The predicted octanol–water partition coefficient (Wildman–Crippen LogP) is 3.33. The van der Waals surface area contributed by atoms with Gasteiger partial charge in [0, 0.05) is 25.9 Å². The fraction of sp³-hybridized carbons (Fsp3) is 0.286. The van der Waals surface area contributed by atoms with Crippen LogP contribution in [-0.4, -0.2) is 48.1 Å². The maximum Gasteiger partial charge on any atom is 0.256 e. The highest BCUT2D eigenvalue weighted by atomic mass is 32.1. The lowest BCUT2D eigenvalue weighted by Crippen LogP contribution is -2.38. The number of rotatable bonds is 8. The van der Waals surface area contributed by atoms with E-state index in [0.29, 0.717) is 30.9 Å². The summed E-state index contributed by atoms with van der Waals surface area (Å²) in [6.07, 6.45) is 0.471. The second-order valence-electron chi connectivity index (χ2n) is 6.75. The fourth-order valence-electron chi connectivity index (χ4n) is 3.22. The van der Waals surface area contributed by atoms with Crippen molar-refractivity contribution in [1.29, 1.82) is 0 Å². The molecule has 1 aliphatic rings. The van der Waals surface area contributed by atoms with E-state index in [2.05, 4.69) is 5.32 Å². The third-order valence-electron chi connectivity index (χ3n) is 4.66. The van der Waals surface area contributed by atoms with Crippen molar-refractivity contribution in [3.8, 4) is 0 Å². The molecule has 0 spiro atoms. The van der Waals surface area contributed by atoms with Crippen LogP contribution in [0.15, 0.2) is 48.5 Å². The predicted molar refractivity (Wildman–Crippen MR) is 113 cm³/mol. The number of amides is 2. The Morgan fingerprint density at radius 2 is 1.70 bits per heavy atom.